The predicted molar refractivity (Wildman–Crippen MR) is 70.8 cm³/mol. The van der Waals surface area contributed by atoms with Gasteiger partial charge in [0.2, 0.25) is 5.91 Å². The first kappa shape index (κ1) is 13.2. The molecule has 0 aliphatic carbocycles. The summed E-state index contributed by atoms with van der Waals surface area (Å²) in [6.07, 6.45) is 0. The zero-order valence-electron chi connectivity index (χ0n) is 10.3. The lowest BCUT2D eigenvalue weighted by atomic mass is 10.3. The van der Waals surface area contributed by atoms with Crippen LogP contribution in [0.5, 0.6) is 5.75 Å². The third-order valence-corrected chi connectivity index (χ3v) is 3.99. The molecule has 0 saturated carbocycles. The molecule has 98 valence electrons. The molecule has 1 aromatic carbocycles. The maximum absolute atomic E-state index is 12.2. The molecule has 1 N–H and O–H groups in total. The van der Waals surface area contributed by atoms with Gasteiger partial charge < -0.3 is 14.7 Å². The van der Waals surface area contributed by atoms with Crippen molar-refractivity contribution in [2.45, 2.75) is 17.1 Å². The van der Waals surface area contributed by atoms with Crippen LogP contribution in [-0.4, -0.2) is 47.5 Å². The van der Waals surface area contributed by atoms with Crippen molar-refractivity contribution >= 4 is 17.7 Å². The van der Waals surface area contributed by atoms with E-state index in [1.54, 1.807) is 12.1 Å². The van der Waals surface area contributed by atoms with Crippen LogP contribution in [-0.2, 0) is 9.53 Å². The number of benzene rings is 1. The highest BCUT2D eigenvalue weighted by molar-refractivity contribution is 8.00. The minimum absolute atomic E-state index is 0.103. The topological polar surface area (TPSA) is 49.8 Å². The Morgan fingerprint density at radius 1 is 1.39 bits per heavy atom. The van der Waals surface area contributed by atoms with Gasteiger partial charge in [0.25, 0.3) is 0 Å². The molecule has 1 saturated heterocycles. The summed E-state index contributed by atoms with van der Waals surface area (Å²) in [5.74, 6) is 0.329. The van der Waals surface area contributed by atoms with Gasteiger partial charge in [-0.2, -0.15) is 0 Å². The molecule has 1 atom stereocenters. The second kappa shape index (κ2) is 6.11. The van der Waals surface area contributed by atoms with Gasteiger partial charge in [-0.15, -0.1) is 11.8 Å². The van der Waals surface area contributed by atoms with Gasteiger partial charge in [0.15, 0.2) is 0 Å². The Morgan fingerprint density at radius 2 is 2.06 bits per heavy atom. The summed E-state index contributed by atoms with van der Waals surface area (Å²) in [6, 6.07) is 7.08. The van der Waals surface area contributed by atoms with E-state index in [1.807, 2.05) is 24.0 Å². The lowest BCUT2D eigenvalue weighted by Gasteiger charge is -2.29. The third kappa shape index (κ3) is 3.17. The van der Waals surface area contributed by atoms with Crippen LogP contribution < -0.4 is 0 Å². The zero-order valence-corrected chi connectivity index (χ0v) is 11.2. The molecule has 4 nitrogen and oxygen atoms in total. The SMILES string of the molecule is CC(Sc1ccccc1O)C(=O)N1CCOCC1. The van der Waals surface area contributed by atoms with E-state index in [2.05, 4.69) is 0 Å². The zero-order chi connectivity index (χ0) is 13.0. The number of carbonyl (C=O) groups is 1. The van der Waals surface area contributed by atoms with E-state index in [9.17, 15) is 9.90 Å². The molecule has 1 unspecified atom stereocenters. The molecule has 1 heterocycles. The fourth-order valence-electron chi connectivity index (χ4n) is 1.84. The minimum Gasteiger partial charge on any atom is -0.507 e. The number of nitrogens with zero attached hydrogens (tertiary/aromatic N) is 1. The summed E-state index contributed by atoms with van der Waals surface area (Å²) >= 11 is 1.39. The van der Waals surface area contributed by atoms with Crippen LogP contribution in [0.4, 0.5) is 0 Å². The molecule has 5 heteroatoms. The van der Waals surface area contributed by atoms with Crippen molar-refractivity contribution in [3.8, 4) is 5.75 Å². The third-order valence-electron chi connectivity index (χ3n) is 2.84. The summed E-state index contributed by atoms with van der Waals surface area (Å²) < 4.78 is 5.23. The molecule has 1 fully saturated rings. The molecule has 1 aliphatic rings. The summed E-state index contributed by atoms with van der Waals surface area (Å²) in [4.78, 5) is 14.7. The molecule has 1 amide bonds. The fourth-order valence-corrected chi connectivity index (χ4v) is 2.82. The smallest absolute Gasteiger partial charge is 0.235 e. The van der Waals surface area contributed by atoms with Crippen LogP contribution in [0.1, 0.15) is 6.92 Å². The number of rotatable bonds is 3. The van der Waals surface area contributed by atoms with E-state index in [0.29, 0.717) is 26.3 Å². The van der Waals surface area contributed by atoms with Gasteiger partial charge in [0.05, 0.1) is 18.5 Å². The first-order chi connectivity index (χ1) is 8.68. The van der Waals surface area contributed by atoms with E-state index in [0.717, 1.165) is 4.90 Å². The van der Waals surface area contributed by atoms with Gasteiger partial charge in [-0.1, -0.05) is 12.1 Å². The van der Waals surface area contributed by atoms with Crippen LogP contribution in [0.25, 0.3) is 0 Å². The van der Waals surface area contributed by atoms with E-state index in [-0.39, 0.29) is 16.9 Å². The second-order valence-corrected chi connectivity index (χ2v) is 5.55. The van der Waals surface area contributed by atoms with Crippen LogP contribution in [0.3, 0.4) is 0 Å². The predicted octanol–water partition coefficient (Wildman–Crippen LogP) is 1.73. The lowest BCUT2D eigenvalue weighted by Crippen LogP contribution is -2.44. The normalized spacial score (nSPS) is 17.5. The van der Waals surface area contributed by atoms with Crippen molar-refractivity contribution in [1.29, 1.82) is 0 Å². The molecular weight excluding hydrogens is 250 g/mol. The Morgan fingerprint density at radius 3 is 2.72 bits per heavy atom. The van der Waals surface area contributed by atoms with Crippen LogP contribution >= 0.6 is 11.8 Å². The number of thioether (sulfide) groups is 1. The number of phenolic OH excluding ortho intramolecular Hbond substituents is 1. The lowest BCUT2D eigenvalue weighted by molar-refractivity contribution is -0.134. The Bertz CT molecular complexity index is 418. The van der Waals surface area contributed by atoms with Crippen LogP contribution in [0.15, 0.2) is 29.2 Å². The van der Waals surface area contributed by atoms with Crippen molar-refractivity contribution < 1.29 is 14.6 Å². The molecule has 0 spiro atoms. The molecule has 18 heavy (non-hydrogen) atoms. The first-order valence-corrected chi connectivity index (χ1v) is 6.87. The Labute approximate surface area is 111 Å². The molecular formula is C13H17NO3S. The van der Waals surface area contributed by atoms with Crippen molar-refractivity contribution in [1.82, 2.24) is 4.90 Å². The molecule has 0 aromatic heterocycles. The maximum atomic E-state index is 12.2. The Kier molecular flexibility index (Phi) is 4.49. The standard InChI is InChI=1S/C13H17NO3S/c1-10(13(16)14-6-8-17-9-7-14)18-12-5-3-2-4-11(12)15/h2-5,10,15H,6-9H2,1H3. The summed E-state index contributed by atoms with van der Waals surface area (Å²) in [7, 11) is 0. The van der Waals surface area contributed by atoms with E-state index in [1.165, 1.54) is 11.8 Å². The summed E-state index contributed by atoms with van der Waals surface area (Å²) in [5, 5.41) is 9.49. The number of phenols is 1. The van der Waals surface area contributed by atoms with Crippen molar-refractivity contribution in [2.75, 3.05) is 26.3 Å². The van der Waals surface area contributed by atoms with Gasteiger partial charge in [-0.3, -0.25) is 4.79 Å². The minimum atomic E-state index is -0.198. The second-order valence-electron chi connectivity index (χ2n) is 4.17. The van der Waals surface area contributed by atoms with Crippen molar-refractivity contribution in [2.24, 2.45) is 0 Å². The molecule has 1 aliphatic heterocycles. The van der Waals surface area contributed by atoms with Crippen molar-refractivity contribution in [3.05, 3.63) is 24.3 Å². The number of hydrogen-bond acceptors (Lipinski definition) is 4. The number of aromatic hydroxyl groups is 1. The van der Waals surface area contributed by atoms with Gasteiger partial charge >= 0.3 is 0 Å². The van der Waals surface area contributed by atoms with E-state index >= 15 is 0 Å². The first-order valence-electron chi connectivity index (χ1n) is 5.99. The van der Waals surface area contributed by atoms with Gasteiger partial charge in [0.1, 0.15) is 5.75 Å². The van der Waals surface area contributed by atoms with Crippen LogP contribution in [0, 0.1) is 0 Å². The van der Waals surface area contributed by atoms with Gasteiger partial charge in [-0.05, 0) is 19.1 Å². The van der Waals surface area contributed by atoms with E-state index in [4.69, 9.17) is 4.74 Å². The van der Waals surface area contributed by atoms with Gasteiger partial charge in [0, 0.05) is 18.0 Å². The molecule has 2 rings (SSSR count). The number of amides is 1. The quantitative estimate of drug-likeness (QED) is 0.847. The average molecular weight is 267 g/mol. The highest BCUT2D eigenvalue weighted by Gasteiger charge is 2.23. The molecule has 1 aromatic rings. The number of ether oxygens (including phenoxy) is 1. The number of carbonyl (C=O) groups excluding carboxylic acids is 1. The van der Waals surface area contributed by atoms with Gasteiger partial charge in [-0.25, -0.2) is 0 Å². The molecule has 0 radical (unpaired) electrons. The number of hydrogen-bond donors (Lipinski definition) is 1. The number of morpholine rings is 1. The fraction of sp³-hybridized carbons (Fsp3) is 0.462. The highest BCUT2D eigenvalue weighted by Crippen LogP contribution is 2.31. The van der Waals surface area contributed by atoms with Crippen molar-refractivity contribution in [3.63, 3.8) is 0 Å². The highest BCUT2D eigenvalue weighted by atomic mass is 32.2. The summed E-state index contributed by atoms with van der Waals surface area (Å²) in [6.45, 7) is 4.41. The summed E-state index contributed by atoms with van der Waals surface area (Å²) in [5.41, 5.74) is 0. The Hall–Kier alpha value is -1.20. The largest absolute Gasteiger partial charge is 0.507 e. The molecule has 0 bridgehead atoms. The van der Waals surface area contributed by atoms with E-state index < -0.39 is 0 Å². The van der Waals surface area contributed by atoms with Crippen LogP contribution in [0.2, 0.25) is 0 Å². The maximum Gasteiger partial charge on any atom is 0.235 e. The monoisotopic (exact) mass is 267 g/mol. The Balaban J connectivity index is 1.96. The number of para-hydroxylation sites is 1. The average Bonchev–Trinajstić information content (AvgIpc) is 2.41.